The van der Waals surface area contributed by atoms with E-state index in [9.17, 15) is 4.79 Å². The quantitative estimate of drug-likeness (QED) is 0.506. The summed E-state index contributed by atoms with van der Waals surface area (Å²) in [6.45, 7) is 3.89. The normalized spacial score (nSPS) is 11.3. The first-order chi connectivity index (χ1) is 13.3. The van der Waals surface area contributed by atoms with E-state index in [1.165, 1.54) is 0 Å². The average Bonchev–Trinajstić information content (AvgIpc) is 2.92. The van der Waals surface area contributed by atoms with E-state index in [-0.39, 0.29) is 11.4 Å². The molecule has 28 heavy (non-hydrogen) atoms. The summed E-state index contributed by atoms with van der Waals surface area (Å²) < 4.78 is 7.97. The molecule has 0 bridgehead atoms. The molecule has 142 valence electrons. The molecular formula is C20H18BrN5O2. The van der Waals surface area contributed by atoms with Crippen LogP contribution in [0.1, 0.15) is 21.5 Å². The number of ether oxygens (including phenoxy) is 1. The van der Waals surface area contributed by atoms with Gasteiger partial charge in [-0.3, -0.25) is 9.36 Å². The number of carbonyl (C=O) groups is 1. The summed E-state index contributed by atoms with van der Waals surface area (Å²) in [6, 6.07) is 9.42. The van der Waals surface area contributed by atoms with Crippen molar-refractivity contribution in [2.45, 2.75) is 13.8 Å². The van der Waals surface area contributed by atoms with Gasteiger partial charge in [0.05, 0.1) is 18.3 Å². The van der Waals surface area contributed by atoms with E-state index in [0.717, 1.165) is 21.3 Å². The van der Waals surface area contributed by atoms with Crippen molar-refractivity contribution in [2.24, 2.45) is 5.73 Å². The molecular weight excluding hydrogens is 422 g/mol. The van der Waals surface area contributed by atoms with E-state index in [4.69, 9.17) is 21.2 Å². The largest absolute Gasteiger partial charge is 0.496 e. The van der Waals surface area contributed by atoms with Gasteiger partial charge in [0.25, 0.3) is 5.91 Å². The number of amides is 1. The summed E-state index contributed by atoms with van der Waals surface area (Å²) in [5, 5.41) is 0. The number of aryl methyl sites for hydroxylation is 1. The van der Waals surface area contributed by atoms with E-state index in [1.807, 2.05) is 44.2 Å². The van der Waals surface area contributed by atoms with Gasteiger partial charge in [-0.25, -0.2) is 9.97 Å². The number of nitrogens with two attached hydrogens (primary N) is 2. The smallest absolute Gasteiger partial charge is 0.254 e. The predicted molar refractivity (Wildman–Crippen MR) is 113 cm³/mol. The second kappa shape index (κ2) is 6.49. The van der Waals surface area contributed by atoms with E-state index in [1.54, 1.807) is 11.7 Å². The zero-order valence-electron chi connectivity index (χ0n) is 15.6. The van der Waals surface area contributed by atoms with E-state index < -0.39 is 5.91 Å². The Bertz CT molecular complexity index is 1280. The number of halogens is 1. The Labute approximate surface area is 169 Å². The first-order valence-electron chi connectivity index (χ1n) is 8.55. The van der Waals surface area contributed by atoms with Crippen molar-refractivity contribution in [1.29, 1.82) is 0 Å². The molecule has 0 aliphatic heterocycles. The Morgan fingerprint density at radius 2 is 1.89 bits per heavy atom. The number of rotatable bonds is 3. The molecule has 2 heterocycles. The van der Waals surface area contributed by atoms with Crippen LogP contribution in [0.3, 0.4) is 0 Å². The second-order valence-corrected chi connectivity index (χ2v) is 7.38. The lowest BCUT2D eigenvalue weighted by Gasteiger charge is -2.16. The van der Waals surface area contributed by atoms with Gasteiger partial charge >= 0.3 is 0 Å². The molecule has 0 aliphatic carbocycles. The van der Waals surface area contributed by atoms with Gasteiger partial charge in [0.1, 0.15) is 28.2 Å². The molecule has 2 aromatic heterocycles. The molecule has 0 radical (unpaired) electrons. The van der Waals surface area contributed by atoms with E-state index in [0.29, 0.717) is 27.9 Å². The molecule has 7 nitrogen and oxygen atoms in total. The number of nitrogen functional groups attached to an aromatic ring is 1. The van der Waals surface area contributed by atoms with Crippen molar-refractivity contribution >= 4 is 49.9 Å². The standard InChI is InChI=1S/C20H18BrN5O2/c1-9-7-8-13(28-3)10(2)17(9)26-18(22)14(19(23)27)16-20(26)24-12-6-4-5-11(21)15(12)25-16/h4-8H,22H2,1-3H3,(H2,23,27). The van der Waals surface area contributed by atoms with E-state index in [2.05, 4.69) is 20.9 Å². The van der Waals surface area contributed by atoms with Crippen molar-refractivity contribution in [1.82, 2.24) is 14.5 Å². The number of aromatic nitrogens is 3. The molecule has 0 unspecified atom stereocenters. The number of methoxy groups -OCH3 is 1. The van der Waals surface area contributed by atoms with Crippen LogP contribution in [0.15, 0.2) is 34.8 Å². The van der Waals surface area contributed by atoms with Crippen molar-refractivity contribution in [3.8, 4) is 11.4 Å². The molecule has 4 rings (SSSR count). The number of primary amides is 1. The summed E-state index contributed by atoms with van der Waals surface area (Å²) in [6.07, 6.45) is 0. The molecule has 0 aliphatic rings. The van der Waals surface area contributed by atoms with Crippen LogP contribution in [0.25, 0.3) is 27.9 Å². The third-order valence-corrected chi connectivity index (χ3v) is 5.49. The highest BCUT2D eigenvalue weighted by Crippen LogP contribution is 2.36. The minimum atomic E-state index is -0.653. The van der Waals surface area contributed by atoms with Crippen molar-refractivity contribution < 1.29 is 9.53 Å². The van der Waals surface area contributed by atoms with Gasteiger partial charge < -0.3 is 16.2 Å². The molecule has 0 fully saturated rings. The van der Waals surface area contributed by atoms with Crippen LogP contribution >= 0.6 is 15.9 Å². The maximum atomic E-state index is 12.2. The molecule has 2 aromatic carbocycles. The molecule has 4 N–H and O–H groups in total. The number of hydrogen-bond donors (Lipinski definition) is 2. The first-order valence-corrected chi connectivity index (χ1v) is 9.35. The Balaban J connectivity index is 2.22. The fraction of sp³-hybridized carbons (Fsp3) is 0.150. The van der Waals surface area contributed by atoms with Gasteiger partial charge in [0, 0.05) is 10.0 Å². The summed E-state index contributed by atoms with van der Waals surface area (Å²) in [5.41, 5.74) is 17.0. The van der Waals surface area contributed by atoms with Crippen LogP contribution in [-0.2, 0) is 0 Å². The Morgan fingerprint density at radius 3 is 2.57 bits per heavy atom. The fourth-order valence-corrected chi connectivity index (χ4v) is 4.00. The highest BCUT2D eigenvalue weighted by Gasteiger charge is 2.25. The number of benzene rings is 2. The van der Waals surface area contributed by atoms with Gasteiger partial charge in [-0.05, 0) is 53.5 Å². The number of para-hydroxylation sites is 1. The van der Waals surface area contributed by atoms with E-state index >= 15 is 0 Å². The third kappa shape index (κ3) is 2.52. The van der Waals surface area contributed by atoms with Crippen molar-refractivity contribution in [3.05, 3.63) is 51.5 Å². The Kier molecular flexibility index (Phi) is 4.23. The Hall–Kier alpha value is -3.13. The van der Waals surface area contributed by atoms with Crippen molar-refractivity contribution in [3.63, 3.8) is 0 Å². The number of carbonyl (C=O) groups excluding carboxylic acids is 1. The lowest BCUT2D eigenvalue weighted by molar-refractivity contribution is 0.100. The number of hydrogen-bond acceptors (Lipinski definition) is 5. The molecule has 1 amide bonds. The van der Waals surface area contributed by atoms with Crippen LogP contribution in [0.2, 0.25) is 0 Å². The van der Waals surface area contributed by atoms with Crippen LogP contribution < -0.4 is 16.2 Å². The number of fused-ring (bicyclic) bond motifs is 2. The minimum Gasteiger partial charge on any atom is -0.496 e. The molecule has 8 heteroatoms. The van der Waals surface area contributed by atoms with Gasteiger partial charge in [-0.15, -0.1) is 0 Å². The third-order valence-electron chi connectivity index (χ3n) is 4.85. The van der Waals surface area contributed by atoms with Gasteiger partial charge in [-0.1, -0.05) is 12.1 Å². The number of anilines is 1. The number of nitrogens with zero attached hydrogens (tertiary/aromatic N) is 3. The lowest BCUT2D eigenvalue weighted by Crippen LogP contribution is -2.14. The topological polar surface area (TPSA) is 109 Å². The molecule has 0 spiro atoms. The monoisotopic (exact) mass is 439 g/mol. The van der Waals surface area contributed by atoms with Crippen LogP contribution in [0.4, 0.5) is 5.82 Å². The van der Waals surface area contributed by atoms with Gasteiger partial charge in [-0.2, -0.15) is 0 Å². The summed E-state index contributed by atoms with van der Waals surface area (Å²) in [5.74, 6) is 0.257. The summed E-state index contributed by atoms with van der Waals surface area (Å²) >= 11 is 3.48. The lowest BCUT2D eigenvalue weighted by atomic mass is 10.1. The molecule has 0 saturated heterocycles. The van der Waals surface area contributed by atoms with Crippen LogP contribution in [0, 0.1) is 13.8 Å². The van der Waals surface area contributed by atoms with Gasteiger partial charge in [0.15, 0.2) is 5.65 Å². The maximum absolute atomic E-state index is 12.2. The fourth-order valence-electron chi connectivity index (χ4n) is 3.56. The van der Waals surface area contributed by atoms with Crippen LogP contribution in [0.5, 0.6) is 5.75 Å². The van der Waals surface area contributed by atoms with Gasteiger partial charge in [0.2, 0.25) is 0 Å². The maximum Gasteiger partial charge on any atom is 0.254 e. The highest BCUT2D eigenvalue weighted by molar-refractivity contribution is 9.10. The highest BCUT2D eigenvalue weighted by atomic mass is 79.9. The van der Waals surface area contributed by atoms with Crippen LogP contribution in [-0.4, -0.2) is 27.6 Å². The Morgan fingerprint density at radius 1 is 1.14 bits per heavy atom. The minimum absolute atomic E-state index is 0.154. The first kappa shape index (κ1) is 18.2. The predicted octanol–water partition coefficient (Wildman–Crippen LogP) is 3.64. The SMILES string of the molecule is COc1ccc(C)c(-n2c(N)c(C(N)=O)c3nc4c(Br)cccc4nc32)c1C. The van der Waals surface area contributed by atoms with Crippen molar-refractivity contribution in [2.75, 3.05) is 12.8 Å². The average molecular weight is 440 g/mol. The molecule has 4 aromatic rings. The summed E-state index contributed by atoms with van der Waals surface area (Å²) in [4.78, 5) is 21.6. The summed E-state index contributed by atoms with van der Waals surface area (Å²) in [7, 11) is 1.61. The molecule has 0 atom stereocenters. The molecule has 0 saturated carbocycles. The zero-order chi connectivity index (χ0) is 20.2. The zero-order valence-corrected chi connectivity index (χ0v) is 17.2. The second-order valence-electron chi connectivity index (χ2n) is 6.52.